The van der Waals surface area contributed by atoms with Gasteiger partial charge in [0.2, 0.25) is 0 Å². The van der Waals surface area contributed by atoms with Gasteiger partial charge in [-0.2, -0.15) is 5.10 Å². The van der Waals surface area contributed by atoms with E-state index in [4.69, 9.17) is 4.74 Å². The number of aromatic nitrogens is 5. The fourth-order valence-electron chi connectivity index (χ4n) is 5.73. The summed E-state index contributed by atoms with van der Waals surface area (Å²) in [5, 5.41) is 9.55. The number of likely N-dealkylation sites (tertiary alicyclic amines) is 1. The van der Waals surface area contributed by atoms with Crippen LogP contribution < -0.4 is 9.64 Å². The lowest BCUT2D eigenvalue weighted by Gasteiger charge is -2.15. The molecule has 212 valence electrons. The molecule has 1 aliphatic rings. The van der Waals surface area contributed by atoms with Crippen molar-refractivity contribution in [2.24, 2.45) is 0 Å². The number of halogens is 1. The number of H-pyrrole nitrogens is 2. The first kappa shape index (κ1) is 26.2. The normalized spacial score (nSPS) is 13.8. The van der Waals surface area contributed by atoms with E-state index in [-0.39, 0.29) is 5.82 Å². The summed E-state index contributed by atoms with van der Waals surface area (Å²) in [7, 11) is 3.99. The molecule has 0 bridgehead atoms. The summed E-state index contributed by atoms with van der Waals surface area (Å²) in [5.74, 6) is 0.225. The minimum atomic E-state index is -0.318. The minimum absolute atomic E-state index is 0.318. The van der Waals surface area contributed by atoms with Gasteiger partial charge in [0, 0.05) is 66.5 Å². The van der Waals surface area contributed by atoms with Crippen molar-refractivity contribution in [1.82, 2.24) is 30.0 Å². The first-order valence-corrected chi connectivity index (χ1v) is 14.3. The third-order valence-corrected chi connectivity index (χ3v) is 7.97. The zero-order chi connectivity index (χ0) is 28.6. The highest BCUT2D eigenvalue weighted by Gasteiger charge is 2.17. The molecule has 8 nitrogen and oxygen atoms in total. The molecular formula is C33H32FN7O. The Hall–Kier alpha value is -4.76. The molecule has 1 fully saturated rings. The van der Waals surface area contributed by atoms with Gasteiger partial charge in [-0.1, -0.05) is 12.1 Å². The molecule has 0 unspecified atom stereocenters. The number of ether oxygens (including phenoxy) is 1. The highest BCUT2D eigenvalue weighted by atomic mass is 19.1. The van der Waals surface area contributed by atoms with E-state index in [9.17, 15) is 4.39 Å². The number of benzene rings is 2. The molecule has 0 saturated carbocycles. The number of hydrogen-bond acceptors (Lipinski definition) is 6. The summed E-state index contributed by atoms with van der Waals surface area (Å²) in [4.78, 5) is 17.0. The Balaban J connectivity index is 1.22. The molecular weight excluding hydrogens is 529 g/mol. The molecule has 0 spiro atoms. The third-order valence-electron chi connectivity index (χ3n) is 7.97. The number of rotatable bonds is 8. The summed E-state index contributed by atoms with van der Waals surface area (Å²) < 4.78 is 20.8. The molecule has 0 aliphatic carbocycles. The topological polar surface area (TPSA) is 86.0 Å². The van der Waals surface area contributed by atoms with E-state index in [1.165, 1.54) is 18.9 Å². The van der Waals surface area contributed by atoms with Crippen LogP contribution >= 0.6 is 0 Å². The highest BCUT2D eigenvalue weighted by Crippen LogP contribution is 2.36. The second-order valence-electron chi connectivity index (χ2n) is 11.0. The van der Waals surface area contributed by atoms with Crippen molar-refractivity contribution in [2.75, 3.05) is 45.2 Å². The molecule has 9 heteroatoms. The summed E-state index contributed by atoms with van der Waals surface area (Å²) in [6, 6.07) is 17.2. The van der Waals surface area contributed by atoms with Crippen LogP contribution in [0.15, 0.2) is 73.2 Å². The molecule has 1 aliphatic heterocycles. The van der Waals surface area contributed by atoms with Gasteiger partial charge in [0.25, 0.3) is 0 Å². The summed E-state index contributed by atoms with van der Waals surface area (Å²) in [6.45, 7) is 3.62. The molecule has 5 heterocycles. The Morgan fingerprint density at radius 2 is 1.79 bits per heavy atom. The molecule has 7 rings (SSSR count). The summed E-state index contributed by atoms with van der Waals surface area (Å²) in [5.41, 5.74) is 7.89. The Bertz CT molecular complexity index is 1890. The number of aromatic amines is 2. The van der Waals surface area contributed by atoms with Crippen molar-refractivity contribution in [3.63, 3.8) is 0 Å². The number of anilines is 1. The number of hydrogen-bond donors (Lipinski definition) is 2. The zero-order valence-electron chi connectivity index (χ0n) is 23.7. The van der Waals surface area contributed by atoms with Crippen LogP contribution in [0.4, 0.5) is 10.1 Å². The van der Waals surface area contributed by atoms with E-state index in [1.807, 2.05) is 61.9 Å². The predicted octanol–water partition coefficient (Wildman–Crippen LogP) is 6.51. The van der Waals surface area contributed by atoms with Gasteiger partial charge in [0.05, 0.1) is 17.6 Å². The van der Waals surface area contributed by atoms with Crippen LogP contribution in [0.5, 0.6) is 5.75 Å². The van der Waals surface area contributed by atoms with Gasteiger partial charge in [-0.3, -0.25) is 15.0 Å². The Kier molecular flexibility index (Phi) is 6.79. The van der Waals surface area contributed by atoms with Crippen LogP contribution in [0.3, 0.4) is 0 Å². The van der Waals surface area contributed by atoms with Crippen molar-refractivity contribution < 1.29 is 9.13 Å². The predicted molar refractivity (Wildman–Crippen MR) is 165 cm³/mol. The monoisotopic (exact) mass is 561 g/mol. The largest absolute Gasteiger partial charge is 0.492 e. The molecule has 6 aromatic rings. The van der Waals surface area contributed by atoms with Crippen molar-refractivity contribution >= 4 is 27.6 Å². The smallest absolute Gasteiger partial charge is 0.155 e. The molecule has 2 N–H and O–H groups in total. The lowest BCUT2D eigenvalue weighted by atomic mass is 10.0. The van der Waals surface area contributed by atoms with E-state index in [2.05, 4.69) is 48.2 Å². The van der Waals surface area contributed by atoms with E-state index in [1.54, 1.807) is 6.07 Å². The molecule has 0 radical (unpaired) electrons. The number of nitrogens with one attached hydrogen (secondary N) is 2. The molecule has 0 amide bonds. The van der Waals surface area contributed by atoms with Gasteiger partial charge < -0.3 is 14.6 Å². The van der Waals surface area contributed by atoms with Gasteiger partial charge in [-0.15, -0.1) is 0 Å². The molecule has 0 atom stereocenters. The maximum atomic E-state index is 14.8. The van der Waals surface area contributed by atoms with Gasteiger partial charge in [-0.05, 0) is 73.5 Å². The van der Waals surface area contributed by atoms with Gasteiger partial charge >= 0.3 is 0 Å². The second-order valence-corrected chi connectivity index (χ2v) is 11.0. The van der Waals surface area contributed by atoms with Crippen LogP contribution in [0.1, 0.15) is 12.8 Å². The minimum Gasteiger partial charge on any atom is -0.492 e. The Morgan fingerprint density at radius 1 is 0.929 bits per heavy atom. The fraction of sp³-hybridized carbons (Fsp3) is 0.242. The van der Waals surface area contributed by atoms with Crippen LogP contribution in [-0.2, 0) is 0 Å². The quantitative estimate of drug-likeness (QED) is 0.220. The third kappa shape index (κ3) is 5.07. The van der Waals surface area contributed by atoms with Crippen LogP contribution in [0, 0.1) is 5.82 Å². The maximum absolute atomic E-state index is 14.8. The zero-order valence-corrected chi connectivity index (χ0v) is 23.7. The SMILES string of the molecule is CN(C)c1cncc(-c2cnc3[nH]nc(-c4cc5c(-c6cc(F)cc(OCCN7CCCC7)c6)cccc5[nH]4)c3c2)c1. The van der Waals surface area contributed by atoms with Crippen LogP contribution in [0.2, 0.25) is 0 Å². The molecule has 1 saturated heterocycles. The van der Waals surface area contributed by atoms with E-state index in [0.29, 0.717) is 18.0 Å². The lowest BCUT2D eigenvalue weighted by molar-refractivity contribution is 0.237. The van der Waals surface area contributed by atoms with Crippen molar-refractivity contribution in [2.45, 2.75) is 12.8 Å². The summed E-state index contributed by atoms with van der Waals surface area (Å²) in [6.07, 6.45) is 7.98. The number of nitrogens with zero attached hydrogens (tertiary/aromatic N) is 5. The van der Waals surface area contributed by atoms with Crippen molar-refractivity contribution in [1.29, 1.82) is 0 Å². The standard InChI is InChI=1S/C33H32FN7O/c1-40(2)25-13-22(18-35-20-25)23-15-29-32(38-39-33(29)36-19-23)31-17-28-27(6-5-7-30(28)37-31)21-12-24(34)16-26(14-21)42-11-10-41-8-3-4-9-41/h5-7,12-20,37H,3-4,8-11H2,1-2H3,(H,36,38,39). The van der Waals surface area contributed by atoms with E-state index >= 15 is 0 Å². The first-order chi connectivity index (χ1) is 20.5. The van der Waals surface area contributed by atoms with Crippen LogP contribution in [-0.4, -0.2) is 70.4 Å². The average Bonchev–Trinajstić information content (AvgIpc) is 3.76. The van der Waals surface area contributed by atoms with E-state index in [0.717, 1.165) is 75.3 Å². The fourth-order valence-corrected chi connectivity index (χ4v) is 5.73. The van der Waals surface area contributed by atoms with Gasteiger partial charge in [0.1, 0.15) is 23.9 Å². The molecule has 4 aromatic heterocycles. The van der Waals surface area contributed by atoms with Crippen molar-refractivity contribution in [3.05, 3.63) is 79.0 Å². The van der Waals surface area contributed by atoms with Gasteiger partial charge in [0.15, 0.2) is 5.65 Å². The highest BCUT2D eigenvalue weighted by molar-refractivity contribution is 6.01. The Morgan fingerprint density at radius 3 is 2.64 bits per heavy atom. The van der Waals surface area contributed by atoms with Crippen molar-refractivity contribution in [3.8, 4) is 39.4 Å². The number of pyridine rings is 2. The molecule has 2 aromatic carbocycles. The number of fused-ring (bicyclic) bond motifs is 2. The first-order valence-electron chi connectivity index (χ1n) is 14.3. The summed E-state index contributed by atoms with van der Waals surface area (Å²) >= 11 is 0. The Labute approximate surface area is 243 Å². The van der Waals surface area contributed by atoms with Crippen LogP contribution in [0.25, 0.3) is 55.6 Å². The lowest BCUT2D eigenvalue weighted by Crippen LogP contribution is -2.25. The second kappa shape index (κ2) is 10.9. The van der Waals surface area contributed by atoms with Gasteiger partial charge in [-0.25, -0.2) is 9.37 Å². The molecule has 42 heavy (non-hydrogen) atoms. The maximum Gasteiger partial charge on any atom is 0.155 e. The average molecular weight is 562 g/mol. The van der Waals surface area contributed by atoms with E-state index < -0.39 is 0 Å².